The third-order valence-electron chi connectivity index (χ3n) is 6.75. The van der Waals surface area contributed by atoms with Crippen LogP contribution in [0.3, 0.4) is 0 Å². The molecule has 0 atom stereocenters. The molecule has 0 radical (unpaired) electrons. The van der Waals surface area contributed by atoms with Crippen molar-refractivity contribution in [3.05, 3.63) is 0 Å². The topological polar surface area (TPSA) is 15.3 Å². The molecular weight excluding hydrogens is 280 g/mol. The SMILES string of the molecule is CCCN(CCC1CCCC1)C1(NCCCC2CC2)CCCC1. The molecule has 23 heavy (non-hydrogen) atoms. The van der Waals surface area contributed by atoms with Gasteiger partial charge in [-0.3, -0.25) is 10.2 Å². The molecule has 0 spiro atoms. The number of hydrogen-bond donors (Lipinski definition) is 1. The highest BCUT2D eigenvalue weighted by molar-refractivity contribution is 4.93. The third kappa shape index (κ3) is 5.19. The van der Waals surface area contributed by atoms with Crippen molar-refractivity contribution in [3.8, 4) is 0 Å². The molecule has 134 valence electrons. The van der Waals surface area contributed by atoms with Gasteiger partial charge in [0.25, 0.3) is 0 Å². The number of nitrogens with one attached hydrogen (secondary N) is 1. The summed E-state index contributed by atoms with van der Waals surface area (Å²) in [4.78, 5) is 2.87. The Morgan fingerprint density at radius 2 is 1.57 bits per heavy atom. The second kappa shape index (κ2) is 8.85. The van der Waals surface area contributed by atoms with Crippen molar-refractivity contribution in [2.45, 2.75) is 102 Å². The predicted molar refractivity (Wildman–Crippen MR) is 99.6 cm³/mol. The van der Waals surface area contributed by atoms with Gasteiger partial charge < -0.3 is 0 Å². The molecule has 0 aromatic heterocycles. The summed E-state index contributed by atoms with van der Waals surface area (Å²) in [6.45, 7) is 6.24. The van der Waals surface area contributed by atoms with Crippen LogP contribution in [0.4, 0.5) is 0 Å². The first-order valence-corrected chi connectivity index (χ1v) is 10.8. The van der Waals surface area contributed by atoms with Gasteiger partial charge in [0.2, 0.25) is 0 Å². The van der Waals surface area contributed by atoms with Gasteiger partial charge in [0.1, 0.15) is 0 Å². The fourth-order valence-corrected chi connectivity index (χ4v) is 5.13. The fraction of sp³-hybridized carbons (Fsp3) is 1.00. The number of hydrogen-bond acceptors (Lipinski definition) is 2. The van der Waals surface area contributed by atoms with Crippen LogP contribution in [-0.2, 0) is 0 Å². The van der Waals surface area contributed by atoms with Crippen LogP contribution >= 0.6 is 0 Å². The van der Waals surface area contributed by atoms with Crippen LogP contribution in [0.1, 0.15) is 96.8 Å². The summed E-state index contributed by atoms with van der Waals surface area (Å²) in [6, 6.07) is 0. The summed E-state index contributed by atoms with van der Waals surface area (Å²) < 4.78 is 0. The Hall–Kier alpha value is -0.0800. The zero-order chi connectivity index (χ0) is 16.0. The molecule has 0 bridgehead atoms. The van der Waals surface area contributed by atoms with E-state index in [1.54, 1.807) is 0 Å². The fourth-order valence-electron chi connectivity index (χ4n) is 5.13. The lowest BCUT2D eigenvalue weighted by molar-refractivity contribution is 0.0528. The first-order valence-electron chi connectivity index (χ1n) is 10.8. The molecule has 0 saturated heterocycles. The standard InChI is InChI=1S/C21H40N2/c1-2-17-23(18-13-19-8-3-4-9-19)21(14-5-6-15-21)22-16-7-10-20-11-12-20/h19-20,22H,2-18H2,1H3. The Labute approximate surface area is 144 Å². The van der Waals surface area contributed by atoms with Crippen molar-refractivity contribution >= 4 is 0 Å². The smallest absolute Gasteiger partial charge is 0.0712 e. The zero-order valence-electron chi connectivity index (χ0n) is 15.6. The van der Waals surface area contributed by atoms with E-state index in [9.17, 15) is 0 Å². The van der Waals surface area contributed by atoms with Gasteiger partial charge in [0.05, 0.1) is 5.66 Å². The summed E-state index contributed by atoms with van der Waals surface area (Å²) in [5.74, 6) is 2.12. The van der Waals surface area contributed by atoms with Gasteiger partial charge in [0.15, 0.2) is 0 Å². The Morgan fingerprint density at radius 1 is 0.870 bits per heavy atom. The monoisotopic (exact) mass is 320 g/mol. The van der Waals surface area contributed by atoms with Crippen molar-refractivity contribution in [2.24, 2.45) is 11.8 Å². The molecule has 3 rings (SSSR count). The molecule has 0 unspecified atom stereocenters. The molecule has 0 amide bonds. The van der Waals surface area contributed by atoms with E-state index in [0.29, 0.717) is 5.66 Å². The second-order valence-corrected chi connectivity index (χ2v) is 8.68. The highest BCUT2D eigenvalue weighted by Crippen LogP contribution is 2.36. The molecule has 0 aliphatic heterocycles. The molecular formula is C21H40N2. The van der Waals surface area contributed by atoms with Gasteiger partial charge in [-0.2, -0.15) is 0 Å². The maximum atomic E-state index is 4.06. The Morgan fingerprint density at radius 3 is 2.22 bits per heavy atom. The van der Waals surface area contributed by atoms with E-state index in [2.05, 4.69) is 17.1 Å². The van der Waals surface area contributed by atoms with E-state index in [0.717, 1.165) is 11.8 Å². The maximum absolute atomic E-state index is 4.06. The Balaban J connectivity index is 1.50. The minimum atomic E-state index is 0.359. The summed E-state index contributed by atoms with van der Waals surface area (Å²) >= 11 is 0. The Kier molecular flexibility index (Phi) is 6.83. The van der Waals surface area contributed by atoms with E-state index in [4.69, 9.17) is 0 Å². The molecule has 0 aromatic rings. The van der Waals surface area contributed by atoms with Crippen molar-refractivity contribution in [1.82, 2.24) is 10.2 Å². The number of nitrogens with zero attached hydrogens (tertiary/aromatic N) is 1. The van der Waals surface area contributed by atoms with Crippen molar-refractivity contribution in [3.63, 3.8) is 0 Å². The van der Waals surface area contributed by atoms with Gasteiger partial charge in [0, 0.05) is 6.54 Å². The molecule has 3 aliphatic carbocycles. The van der Waals surface area contributed by atoms with E-state index in [1.807, 2.05) is 0 Å². The predicted octanol–water partition coefficient (Wildman–Crippen LogP) is 5.33. The molecule has 3 saturated carbocycles. The average Bonchev–Trinajstić information content (AvgIpc) is 3.03. The average molecular weight is 321 g/mol. The molecule has 0 heterocycles. The first-order chi connectivity index (χ1) is 11.3. The minimum Gasteiger partial charge on any atom is -0.299 e. The lowest BCUT2D eigenvalue weighted by atomic mass is 10.00. The van der Waals surface area contributed by atoms with Crippen LogP contribution in [0.25, 0.3) is 0 Å². The van der Waals surface area contributed by atoms with Crippen molar-refractivity contribution in [1.29, 1.82) is 0 Å². The quantitative estimate of drug-likeness (QED) is 0.409. The van der Waals surface area contributed by atoms with Crippen molar-refractivity contribution in [2.75, 3.05) is 19.6 Å². The molecule has 2 nitrogen and oxygen atoms in total. The van der Waals surface area contributed by atoms with Gasteiger partial charge >= 0.3 is 0 Å². The highest BCUT2D eigenvalue weighted by Gasteiger charge is 2.38. The second-order valence-electron chi connectivity index (χ2n) is 8.68. The summed E-state index contributed by atoms with van der Waals surface area (Å²) in [5, 5.41) is 4.06. The van der Waals surface area contributed by atoms with E-state index < -0.39 is 0 Å². The van der Waals surface area contributed by atoms with Crippen LogP contribution < -0.4 is 5.32 Å². The summed E-state index contributed by atoms with van der Waals surface area (Å²) in [5.41, 5.74) is 0.359. The Bertz CT molecular complexity index is 325. The van der Waals surface area contributed by atoms with Crippen LogP contribution in [0.2, 0.25) is 0 Å². The summed E-state index contributed by atoms with van der Waals surface area (Å²) in [6.07, 6.45) is 20.3. The minimum absolute atomic E-state index is 0.359. The molecule has 2 heteroatoms. The van der Waals surface area contributed by atoms with E-state index in [1.165, 1.54) is 110 Å². The van der Waals surface area contributed by atoms with Crippen LogP contribution in [0, 0.1) is 11.8 Å². The van der Waals surface area contributed by atoms with Gasteiger partial charge in [-0.05, 0) is 63.5 Å². The third-order valence-corrected chi connectivity index (χ3v) is 6.75. The zero-order valence-corrected chi connectivity index (χ0v) is 15.6. The van der Waals surface area contributed by atoms with Gasteiger partial charge in [-0.25, -0.2) is 0 Å². The van der Waals surface area contributed by atoms with Gasteiger partial charge in [-0.1, -0.05) is 58.3 Å². The van der Waals surface area contributed by atoms with Gasteiger partial charge in [-0.15, -0.1) is 0 Å². The highest BCUT2D eigenvalue weighted by atomic mass is 15.3. The normalized spacial score (nSPS) is 24.8. The lowest BCUT2D eigenvalue weighted by Gasteiger charge is -2.43. The maximum Gasteiger partial charge on any atom is 0.0712 e. The molecule has 1 N–H and O–H groups in total. The van der Waals surface area contributed by atoms with Crippen LogP contribution in [0.5, 0.6) is 0 Å². The van der Waals surface area contributed by atoms with Crippen molar-refractivity contribution < 1.29 is 0 Å². The largest absolute Gasteiger partial charge is 0.299 e. The van der Waals surface area contributed by atoms with Crippen LogP contribution in [0.15, 0.2) is 0 Å². The molecule has 0 aromatic carbocycles. The van der Waals surface area contributed by atoms with Crippen LogP contribution in [-0.4, -0.2) is 30.2 Å². The molecule has 3 fully saturated rings. The van der Waals surface area contributed by atoms with E-state index in [-0.39, 0.29) is 0 Å². The molecule has 3 aliphatic rings. The number of rotatable bonds is 11. The first kappa shape index (κ1) is 17.7. The lowest BCUT2D eigenvalue weighted by Crippen LogP contribution is -2.58. The van der Waals surface area contributed by atoms with E-state index >= 15 is 0 Å². The summed E-state index contributed by atoms with van der Waals surface area (Å²) in [7, 11) is 0.